The number of aliphatic hydroxyl groups is 1. The molecule has 1 aromatic heterocycles. The summed E-state index contributed by atoms with van der Waals surface area (Å²) in [5.74, 6) is 0. The molecule has 0 bridgehead atoms. The minimum atomic E-state index is -1.30. The number of aromatic nitrogens is 2. The number of alkyl halides is 1. The number of halogens is 1. The number of rotatable bonds is 2. The van der Waals surface area contributed by atoms with Crippen molar-refractivity contribution in [2.24, 2.45) is 0 Å². The van der Waals surface area contributed by atoms with E-state index in [-0.39, 0.29) is 13.0 Å². The fourth-order valence-electron chi connectivity index (χ4n) is 1.89. The highest BCUT2D eigenvalue weighted by molar-refractivity contribution is 5.12. The first-order valence-corrected chi connectivity index (χ1v) is 5.49. The van der Waals surface area contributed by atoms with Gasteiger partial charge in [0.2, 0.25) is 0 Å². The van der Waals surface area contributed by atoms with Crippen LogP contribution in [0.4, 0.5) is 4.39 Å². The predicted octanol–water partition coefficient (Wildman–Crippen LogP) is 0.478. The predicted molar refractivity (Wildman–Crippen MR) is 58.5 cm³/mol. The summed E-state index contributed by atoms with van der Waals surface area (Å²) in [6.45, 7) is 3.27. The molecule has 0 spiro atoms. The molecule has 2 rings (SSSR count). The van der Waals surface area contributed by atoms with Gasteiger partial charge in [0, 0.05) is 18.3 Å². The first-order valence-electron chi connectivity index (χ1n) is 5.49. The maximum absolute atomic E-state index is 13.7. The maximum Gasteiger partial charge on any atom is 0.350 e. The van der Waals surface area contributed by atoms with E-state index < -0.39 is 24.2 Å². The molecule has 17 heavy (non-hydrogen) atoms. The first-order chi connectivity index (χ1) is 8.02. The molecular formula is C11H15FN2O3. The van der Waals surface area contributed by atoms with Crippen molar-refractivity contribution in [3.05, 3.63) is 27.9 Å². The Morgan fingerprint density at radius 3 is 2.94 bits per heavy atom. The van der Waals surface area contributed by atoms with Crippen molar-refractivity contribution in [3.63, 3.8) is 0 Å². The molecule has 0 saturated carbocycles. The minimum absolute atomic E-state index is 0.0977. The van der Waals surface area contributed by atoms with Gasteiger partial charge in [-0.3, -0.25) is 4.57 Å². The lowest BCUT2D eigenvalue weighted by molar-refractivity contribution is -0.0394. The van der Waals surface area contributed by atoms with Gasteiger partial charge < -0.3 is 9.84 Å². The molecular weight excluding hydrogens is 227 g/mol. The van der Waals surface area contributed by atoms with Gasteiger partial charge in [0.25, 0.3) is 0 Å². The molecule has 3 atom stereocenters. The smallest absolute Gasteiger partial charge is 0.350 e. The quantitative estimate of drug-likeness (QED) is 0.819. The molecule has 0 aliphatic carbocycles. The van der Waals surface area contributed by atoms with Crippen LogP contribution in [0, 0.1) is 13.8 Å². The number of nitrogens with zero attached hydrogens (tertiary/aromatic N) is 2. The van der Waals surface area contributed by atoms with Crippen molar-refractivity contribution in [1.29, 1.82) is 0 Å². The fraction of sp³-hybridized carbons (Fsp3) is 0.636. The Kier molecular flexibility index (Phi) is 3.26. The molecule has 2 heterocycles. The van der Waals surface area contributed by atoms with Gasteiger partial charge in [-0.05, 0) is 19.4 Å². The molecule has 94 valence electrons. The summed E-state index contributed by atoms with van der Waals surface area (Å²) < 4.78 is 20.1. The van der Waals surface area contributed by atoms with Crippen LogP contribution < -0.4 is 5.69 Å². The first kappa shape index (κ1) is 12.2. The second kappa shape index (κ2) is 4.54. The van der Waals surface area contributed by atoms with Gasteiger partial charge in [0.15, 0.2) is 6.23 Å². The number of hydrogen-bond donors (Lipinski definition) is 1. The zero-order valence-electron chi connectivity index (χ0n) is 9.76. The lowest BCUT2D eigenvalue weighted by Crippen LogP contribution is -2.31. The van der Waals surface area contributed by atoms with Gasteiger partial charge in [0.1, 0.15) is 6.17 Å². The van der Waals surface area contributed by atoms with Gasteiger partial charge in [-0.15, -0.1) is 0 Å². The second-order valence-corrected chi connectivity index (χ2v) is 4.28. The van der Waals surface area contributed by atoms with E-state index in [4.69, 9.17) is 9.84 Å². The number of aryl methyl sites for hydroxylation is 2. The van der Waals surface area contributed by atoms with E-state index in [1.54, 1.807) is 20.0 Å². The average molecular weight is 242 g/mol. The highest BCUT2D eigenvalue weighted by Crippen LogP contribution is 2.30. The van der Waals surface area contributed by atoms with E-state index >= 15 is 0 Å². The molecule has 1 fully saturated rings. The fourth-order valence-corrected chi connectivity index (χ4v) is 1.89. The molecule has 0 radical (unpaired) electrons. The monoisotopic (exact) mass is 242 g/mol. The Labute approximate surface area is 97.9 Å². The summed E-state index contributed by atoms with van der Waals surface area (Å²) in [6, 6.07) is 0. The molecule has 0 aromatic carbocycles. The zero-order chi connectivity index (χ0) is 12.6. The van der Waals surface area contributed by atoms with Gasteiger partial charge in [0.05, 0.1) is 12.7 Å². The normalized spacial score (nSPS) is 28.6. The van der Waals surface area contributed by atoms with E-state index in [1.165, 1.54) is 0 Å². The third-order valence-electron chi connectivity index (χ3n) is 2.99. The molecule has 1 N–H and O–H groups in total. The van der Waals surface area contributed by atoms with E-state index in [2.05, 4.69) is 4.98 Å². The summed E-state index contributed by atoms with van der Waals surface area (Å²) in [6.07, 6.45) is -1.19. The van der Waals surface area contributed by atoms with Crippen LogP contribution >= 0.6 is 0 Å². The molecule has 1 unspecified atom stereocenters. The van der Waals surface area contributed by atoms with Gasteiger partial charge >= 0.3 is 5.69 Å². The third-order valence-corrected chi connectivity index (χ3v) is 2.99. The standard InChI is InChI=1S/C11H15FN2O3/c1-6-4-14(11(16)13-7(6)2)10-9(12)3-8(5-15)17-10/h4,8-10,15H,3,5H2,1-2H3/t8-,9?,10+/m0/s1. The highest BCUT2D eigenvalue weighted by Gasteiger charge is 2.37. The average Bonchev–Trinajstić information content (AvgIpc) is 2.65. The molecule has 0 amide bonds. The van der Waals surface area contributed by atoms with Crippen molar-refractivity contribution in [3.8, 4) is 0 Å². The van der Waals surface area contributed by atoms with E-state index in [0.29, 0.717) is 5.69 Å². The Balaban J connectivity index is 2.35. The molecule has 1 aliphatic heterocycles. The van der Waals surface area contributed by atoms with Crippen LogP contribution in [0.2, 0.25) is 0 Å². The van der Waals surface area contributed by atoms with Gasteiger partial charge in [-0.2, -0.15) is 4.98 Å². The summed E-state index contributed by atoms with van der Waals surface area (Å²) >= 11 is 0. The second-order valence-electron chi connectivity index (χ2n) is 4.28. The van der Waals surface area contributed by atoms with Gasteiger partial charge in [-0.1, -0.05) is 0 Å². The minimum Gasteiger partial charge on any atom is -0.394 e. The van der Waals surface area contributed by atoms with E-state index in [9.17, 15) is 9.18 Å². The lowest BCUT2D eigenvalue weighted by Gasteiger charge is -2.17. The Morgan fingerprint density at radius 2 is 2.35 bits per heavy atom. The van der Waals surface area contributed by atoms with E-state index in [1.807, 2.05) is 0 Å². The van der Waals surface area contributed by atoms with Crippen LogP contribution in [0.1, 0.15) is 23.9 Å². The summed E-state index contributed by atoms with van der Waals surface area (Å²) in [5.41, 5.74) is 0.894. The van der Waals surface area contributed by atoms with Crippen molar-refractivity contribution in [2.75, 3.05) is 6.61 Å². The number of hydrogen-bond acceptors (Lipinski definition) is 4. The lowest BCUT2D eigenvalue weighted by atomic mass is 10.2. The SMILES string of the molecule is Cc1cn([C@@H]2O[C@H](CO)CC2F)c(=O)nc1C. The van der Waals surface area contributed by atoms with Crippen LogP contribution in [0.5, 0.6) is 0 Å². The number of ether oxygens (including phenoxy) is 1. The topological polar surface area (TPSA) is 64.3 Å². The van der Waals surface area contributed by atoms with Crippen molar-refractivity contribution >= 4 is 0 Å². The van der Waals surface area contributed by atoms with Crippen LogP contribution in [-0.2, 0) is 4.74 Å². The maximum atomic E-state index is 13.7. The van der Waals surface area contributed by atoms with Crippen LogP contribution in [0.3, 0.4) is 0 Å². The molecule has 6 heteroatoms. The van der Waals surface area contributed by atoms with Gasteiger partial charge in [-0.25, -0.2) is 9.18 Å². The Morgan fingerprint density at radius 1 is 1.65 bits per heavy atom. The van der Waals surface area contributed by atoms with Crippen LogP contribution in [-0.4, -0.2) is 33.5 Å². The summed E-state index contributed by atoms with van der Waals surface area (Å²) in [5, 5.41) is 8.92. The molecule has 5 nitrogen and oxygen atoms in total. The van der Waals surface area contributed by atoms with Crippen molar-refractivity contribution < 1.29 is 14.2 Å². The molecule has 1 aromatic rings. The molecule has 1 aliphatic rings. The summed E-state index contributed by atoms with van der Waals surface area (Å²) in [7, 11) is 0. The molecule has 1 saturated heterocycles. The Bertz CT molecular complexity index is 474. The highest BCUT2D eigenvalue weighted by atomic mass is 19.1. The Hall–Kier alpha value is -1.27. The summed E-state index contributed by atoms with van der Waals surface area (Å²) in [4.78, 5) is 15.5. The third kappa shape index (κ3) is 2.23. The van der Waals surface area contributed by atoms with Crippen LogP contribution in [0.15, 0.2) is 11.0 Å². The largest absolute Gasteiger partial charge is 0.394 e. The zero-order valence-corrected chi connectivity index (χ0v) is 9.76. The van der Waals surface area contributed by atoms with Crippen LogP contribution in [0.25, 0.3) is 0 Å². The number of aliphatic hydroxyl groups excluding tert-OH is 1. The van der Waals surface area contributed by atoms with Crippen molar-refractivity contribution in [1.82, 2.24) is 9.55 Å². The van der Waals surface area contributed by atoms with Crippen molar-refractivity contribution in [2.45, 2.75) is 38.8 Å². The van der Waals surface area contributed by atoms with E-state index in [0.717, 1.165) is 10.1 Å².